The number of rotatable bonds is 2. The van der Waals surface area contributed by atoms with Gasteiger partial charge in [0.25, 0.3) is 0 Å². The third-order valence-electron chi connectivity index (χ3n) is 2.13. The molecule has 70 valence electrons. The summed E-state index contributed by atoms with van der Waals surface area (Å²) in [5, 5.41) is 3.99. The summed E-state index contributed by atoms with van der Waals surface area (Å²) in [5.41, 5.74) is 1.40. The Kier molecular flexibility index (Phi) is 3.19. The largest absolute Gasteiger partial charge is 0.301 e. The lowest BCUT2D eigenvalue weighted by Crippen LogP contribution is -2.11. The molecule has 1 saturated heterocycles. The summed E-state index contributed by atoms with van der Waals surface area (Å²) in [5.74, 6) is 1.23. The second kappa shape index (κ2) is 4.40. The van der Waals surface area contributed by atoms with Gasteiger partial charge in [0.15, 0.2) is 0 Å². The first-order valence-corrected chi connectivity index (χ1v) is 6.66. The average molecular weight is 211 g/mol. The van der Waals surface area contributed by atoms with Crippen LogP contribution < -0.4 is 5.32 Å². The van der Waals surface area contributed by atoms with Crippen LogP contribution in [0.3, 0.4) is 0 Å². The Morgan fingerprint density at radius 3 is 2.69 bits per heavy atom. The molecule has 0 unspecified atom stereocenters. The van der Waals surface area contributed by atoms with E-state index in [1.54, 1.807) is 11.8 Å². The van der Waals surface area contributed by atoms with Crippen LogP contribution in [0.1, 0.15) is 10.9 Å². The Balaban J connectivity index is 2.12. The van der Waals surface area contributed by atoms with E-state index in [4.69, 9.17) is 0 Å². The molecule has 1 aliphatic heterocycles. The van der Waals surface area contributed by atoms with Crippen molar-refractivity contribution in [2.24, 2.45) is 0 Å². The zero-order valence-corrected chi connectivity index (χ0v) is 9.25. The minimum absolute atomic E-state index is 0.524. The van der Waals surface area contributed by atoms with Crippen molar-refractivity contribution in [1.29, 1.82) is 0 Å². The monoisotopic (exact) mass is 211 g/mol. The quantitative estimate of drug-likeness (QED) is 0.755. The maximum atomic E-state index is 3.47. The van der Waals surface area contributed by atoms with E-state index in [2.05, 4.69) is 35.8 Å². The molecule has 1 aromatic carbocycles. The summed E-state index contributed by atoms with van der Waals surface area (Å²) in [6.07, 6.45) is 2.11. The lowest BCUT2D eigenvalue weighted by Gasteiger charge is -2.09. The molecule has 0 aliphatic carbocycles. The number of hydrogen-bond donors (Lipinski definition) is 1. The molecule has 0 spiro atoms. The molecular formula is C10H13NS2. The van der Waals surface area contributed by atoms with Crippen LogP contribution in [0.15, 0.2) is 29.2 Å². The second-order valence-corrected chi connectivity index (χ2v) is 5.07. The fraction of sp³-hybridized carbons (Fsp3) is 0.400. The summed E-state index contributed by atoms with van der Waals surface area (Å²) >= 11 is 3.78. The van der Waals surface area contributed by atoms with Crippen molar-refractivity contribution >= 4 is 23.5 Å². The fourth-order valence-corrected chi connectivity index (χ4v) is 2.88. The van der Waals surface area contributed by atoms with Gasteiger partial charge in [-0.05, 0) is 24.0 Å². The molecule has 2 rings (SSSR count). The molecule has 1 nitrogen and oxygen atoms in total. The molecule has 1 aromatic rings. The maximum absolute atomic E-state index is 3.47. The third kappa shape index (κ3) is 2.22. The van der Waals surface area contributed by atoms with E-state index in [9.17, 15) is 0 Å². The molecule has 0 bridgehead atoms. The van der Waals surface area contributed by atoms with E-state index in [1.807, 2.05) is 11.8 Å². The number of benzene rings is 1. The van der Waals surface area contributed by atoms with Crippen LogP contribution in [-0.4, -0.2) is 18.6 Å². The van der Waals surface area contributed by atoms with Crippen LogP contribution in [0.5, 0.6) is 0 Å². The zero-order valence-electron chi connectivity index (χ0n) is 7.62. The number of nitrogens with one attached hydrogen (secondary N) is 1. The Hall–Kier alpha value is -0.120. The molecule has 3 heteroatoms. The maximum Gasteiger partial charge on any atom is 0.0790 e. The fourth-order valence-electron chi connectivity index (χ4n) is 1.42. The highest BCUT2D eigenvalue weighted by Crippen LogP contribution is 2.30. The van der Waals surface area contributed by atoms with E-state index < -0.39 is 0 Å². The zero-order chi connectivity index (χ0) is 9.10. The summed E-state index contributed by atoms with van der Waals surface area (Å²) in [4.78, 5) is 1.34. The molecule has 0 radical (unpaired) electrons. The minimum Gasteiger partial charge on any atom is -0.301 e. The van der Waals surface area contributed by atoms with Crippen molar-refractivity contribution in [2.75, 3.05) is 18.6 Å². The Bertz CT molecular complexity index is 265. The van der Waals surface area contributed by atoms with E-state index in [0.29, 0.717) is 5.37 Å². The van der Waals surface area contributed by atoms with Gasteiger partial charge in [0.05, 0.1) is 5.37 Å². The molecule has 1 aliphatic rings. The summed E-state index contributed by atoms with van der Waals surface area (Å²) in [6, 6.07) is 8.84. The predicted octanol–water partition coefficient (Wildman–Crippen LogP) is 2.74. The standard InChI is InChI=1S/C10H13NS2/c1-12-9-4-2-8(3-5-9)10-11-6-7-13-10/h2-5,10-11H,6-7H2,1H3/t10-/m1/s1. The van der Waals surface area contributed by atoms with Crippen molar-refractivity contribution < 1.29 is 0 Å². The average Bonchev–Trinajstić information content (AvgIpc) is 2.71. The normalized spacial score (nSPS) is 22.1. The van der Waals surface area contributed by atoms with E-state index in [1.165, 1.54) is 16.2 Å². The van der Waals surface area contributed by atoms with Crippen molar-refractivity contribution in [3.63, 3.8) is 0 Å². The number of hydrogen-bond acceptors (Lipinski definition) is 3. The first kappa shape index (κ1) is 9.44. The van der Waals surface area contributed by atoms with Crippen molar-refractivity contribution in [2.45, 2.75) is 10.3 Å². The minimum atomic E-state index is 0.524. The van der Waals surface area contributed by atoms with Gasteiger partial charge in [-0.1, -0.05) is 12.1 Å². The van der Waals surface area contributed by atoms with Crippen LogP contribution in [0.25, 0.3) is 0 Å². The van der Waals surface area contributed by atoms with E-state index in [0.717, 1.165) is 6.54 Å². The molecule has 1 N–H and O–H groups in total. The lowest BCUT2D eigenvalue weighted by molar-refractivity contribution is 0.750. The SMILES string of the molecule is CSc1ccc([C@@H]2NCCS2)cc1. The van der Waals surface area contributed by atoms with Crippen LogP contribution in [0.4, 0.5) is 0 Å². The highest BCUT2D eigenvalue weighted by molar-refractivity contribution is 7.99. The van der Waals surface area contributed by atoms with Gasteiger partial charge >= 0.3 is 0 Å². The molecule has 1 atom stereocenters. The van der Waals surface area contributed by atoms with Crippen LogP contribution in [0.2, 0.25) is 0 Å². The Morgan fingerprint density at radius 1 is 1.38 bits per heavy atom. The number of thioether (sulfide) groups is 2. The van der Waals surface area contributed by atoms with Crippen molar-refractivity contribution in [1.82, 2.24) is 5.32 Å². The van der Waals surface area contributed by atoms with Gasteiger partial charge in [0.2, 0.25) is 0 Å². The molecule has 0 amide bonds. The first-order valence-electron chi connectivity index (χ1n) is 4.39. The topological polar surface area (TPSA) is 12.0 Å². The first-order chi connectivity index (χ1) is 6.40. The smallest absolute Gasteiger partial charge is 0.0790 e. The lowest BCUT2D eigenvalue weighted by atomic mass is 10.2. The van der Waals surface area contributed by atoms with E-state index in [-0.39, 0.29) is 0 Å². The summed E-state index contributed by atoms with van der Waals surface area (Å²) < 4.78 is 0. The van der Waals surface area contributed by atoms with Gasteiger partial charge in [-0.25, -0.2) is 0 Å². The molecule has 0 saturated carbocycles. The van der Waals surface area contributed by atoms with Gasteiger partial charge in [-0.15, -0.1) is 23.5 Å². The van der Waals surface area contributed by atoms with Gasteiger partial charge in [-0.2, -0.15) is 0 Å². The van der Waals surface area contributed by atoms with Crippen LogP contribution in [0, 0.1) is 0 Å². The van der Waals surface area contributed by atoms with Gasteiger partial charge in [0.1, 0.15) is 0 Å². The van der Waals surface area contributed by atoms with Gasteiger partial charge in [-0.3, -0.25) is 0 Å². The van der Waals surface area contributed by atoms with Gasteiger partial charge in [0, 0.05) is 17.2 Å². The molecule has 1 fully saturated rings. The summed E-state index contributed by atoms with van der Waals surface area (Å²) in [6.45, 7) is 1.14. The van der Waals surface area contributed by atoms with Crippen molar-refractivity contribution in [3.05, 3.63) is 29.8 Å². The van der Waals surface area contributed by atoms with Crippen molar-refractivity contribution in [3.8, 4) is 0 Å². The molecule has 13 heavy (non-hydrogen) atoms. The summed E-state index contributed by atoms with van der Waals surface area (Å²) in [7, 11) is 0. The molecular weight excluding hydrogens is 198 g/mol. The van der Waals surface area contributed by atoms with E-state index >= 15 is 0 Å². The Labute approximate surface area is 87.7 Å². The highest BCUT2D eigenvalue weighted by Gasteiger charge is 2.15. The van der Waals surface area contributed by atoms with Gasteiger partial charge < -0.3 is 5.32 Å². The van der Waals surface area contributed by atoms with Crippen LogP contribution in [-0.2, 0) is 0 Å². The predicted molar refractivity (Wildman–Crippen MR) is 61.4 cm³/mol. The third-order valence-corrected chi connectivity index (χ3v) is 4.09. The Morgan fingerprint density at radius 2 is 2.15 bits per heavy atom. The van der Waals surface area contributed by atoms with Crippen LogP contribution >= 0.6 is 23.5 Å². The molecule has 1 heterocycles. The highest BCUT2D eigenvalue weighted by atomic mass is 32.2. The second-order valence-electron chi connectivity index (χ2n) is 2.98. The molecule has 0 aromatic heterocycles.